The van der Waals surface area contributed by atoms with E-state index in [0.717, 1.165) is 60.7 Å². The highest BCUT2D eigenvalue weighted by Gasteiger charge is 2.41. The molecule has 2 bridgehead atoms. The van der Waals surface area contributed by atoms with Crippen molar-refractivity contribution >= 4 is 6.09 Å². The summed E-state index contributed by atoms with van der Waals surface area (Å²) < 4.78 is 17.9. The van der Waals surface area contributed by atoms with Crippen molar-refractivity contribution in [2.24, 2.45) is 11.3 Å². The minimum absolute atomic E-state index is 0.00707. The van der Waals surface area contributed by atoms with Gasteiger partial charge in [-0.1, -0.05) is 44.2 Å². The minimum atomic E-state index is -0.328. The molecular formula is C27H34N2O4. The predicted octanol–water partition coefficient (Wildman–Crippen LogP) is 5.03. The maximum absolute atomic E-state index is 12.9. The Morgan fingerprint density at radius 2 is 1.97 bits per heavy atom. The summed E-state index contributed by atoms with van der Waals surface area (Å²) in [5, 5.41) is 3.18. The van der Waals surface area contributed by atoms with Gasteiger partial charge in [-0.05, 0) is 56.5 Å². The molecule has 6 heteroatoms. The first-order chi connectivity index (χ1) is 15.9. The average Bonchev–Trinajstić information content (AvgIpc) is 2.82. The van der Waals surface area contributed by atoms with Gasteiger partial charge in [-0.25, -0.2) is 4.79 Å². The Kier molecular flexibility index (Phi) is 5.95. The van der Waals surface area contributed by atoms with Crippen LogP contribution in [0.15, 0.2) is 42.5 Å². The van der Waals surface area contributed by atoms with Crippen LogP contribution >= 0.6 is 0 Å². The van der Waals surface area contributed by atoms with Gasteiger partial charge in [0, 0.05) is 23.1 Å². The average molecular weight is 451 g/mol. The normalized spacial score (nSPS) is 27.2. The van der Waals surface area contributed by atoms with E-state index in [2.05, 4.69) is 48.3 Å². The highest BCUT2D eigenvalue weighted by Crippen LogP contribution is 2.45. The Labute approximate surface area is 196 Å². The van der Waals surface area contributed by atoms with Gasteiger partial charge in [-0.2, -0.15) is 0 Å². The van der Waals surface area contributed by atoms with E-state index >= 15 is 0 Å². The monoisotopic (exact) mass is 450 g/mol. The summed E-state index contributed by atoms with van der Waals surface area (Å²) in [5.74, 6) is 2.14. The Bertz CT molecular complexity index is 1010. The Hall–Kier alpha value is -2.73. The SMILES string of the molecule is CCOc1ccccc1-c1ccc2c(c1)OCC(C)(C)C2NC(=O)O[C@H]1CN2CCC1CC2. The summed E-state index contributed by atoms with van der Waals surface area (Å²) in [6, 6.07) is 14.0. The van der Waals surface area contributed by atoms with Crippen LogP contribution < -0.4 is 14.8 Å². The van der Waals surface area contributed by atoms with Crippen molar-refractivity contribution in [1.82, 2.24) is 10.2 Å². The highest BCUT2D eigenvalue weighted by molar-refractivity contribution is 5.73. The first-order valence-electron chi connectivity index (χ1n) is 12.1. The minimum Gasteiger partial charge on any atom is -0.493 e. The van der Waals surface area contributed by atoms with Crippen LogP contribution in [0.5, 0.6) is 11.5 Å². The molecule has 4 aliphatic heterocycles. The highest BCUT2D eigenvalue weighted by atomic mass is 16.6. The molecule has 4 heterocycles. The standard InChI is InChI=1S/C27H34N2O4/c1-4-31-22-8-6-5-7-20(22)19-9-10-21-23(15-19)32-17-27(2,3)25(21)28-26(30)33-24-16-29-13-11-18(24)12-14-29/h5-10,15,18,24-25H,4,11-14,16-17H2,1-3H3,(H,28,30)/t24-,25?/m0/s1. The molecule has 1 N–H and O–H groups in total. The molecule has 0 spiro atoms. The van der Waals surface area contributed by atoms with Crippen LogP contribution in [0.1, 0.15) is 45.2 Å². The van der Waals surface area contributed by atoms with Gasteiger partial charge >= 0.3 is 6.09 Å². The van der Waals surface area contributed by atoms with Crippen LogP contribution in [0.2, 0.25) is 0 Å². The summed E-state index contributed by atoms with van der Waals surface area (Å²) in [6.07, 6.45) is 1.91. The lowest BCUT2D eigenvalue weighted by molar-refractivity contribution is -0.0361. The van der Waals surface area contributed by atoms with Crippen molar-refractivity contribution in [2.75, 3.05) is 32.8 Å². The zero-order valence-corrected chi connectivity index (χ0v) is 19.8. The Balaban J connectivity index is 1.36. The van der Waals surface area contributed by atoms with Gasteiger partial charge in [0.1, 0.15) is 17.6 Å². The molecule has 3 saturated heterocycles. The summed E-state index contributed by atoms with van der Waals surface area (Å²) in [6.45, 7) is 10.5. The summed E-state index contributed by atoms with van der Waals surface area (Å²) >= 11 is 0. The number of rotatable bonds is 5. The Morgan fingerprint density at radius 1 is 1.18 bits per heavy atom. The number of benzene rings is 2. The molecule has 3 fully saturated rings. The maximum Gasteiger partial charge on any atom is 0.407 e. The molecule has 1 unspecified atom stereocenters. The van der Waals surface area contributed by atoms with Gasteiger partial charge < -0.3 is 19.5 Å². The number of hydrogen-bond donors (Lipinski definition) is 1. The van der Waals surface area contributed by atoms with Gasteiger partial charge in [0.05, 0.1) is 19.3 Å². The van der Waals surface area contributed by atoms with Crippen LogP contribution in [0.4, 0.5) is 4.79 Å². The third kappa shape index (κ3) is 4.41. The molecule has 2 aromatic rings. The second-order valence-corrected chi connectivity index (χ2v) is 10.1. The topological polar surface area (TPSA) is 60.0 Å². The summed E-state index contributed by atoms with van der Waals surface area (Å²) in [4.78, 5) is 15.3. The smallest absolute Gasteiger partial charge is 0.407 e. The van der Waals surface area contributed by atoms with Crippen LogP contribution in [0.25, 0.3) is 11.1 Å². The molecule has 176 valence electrons. The number of carbonyl (C=O) groups excluding carboxylic acids is 1. The fourth-order valence-electron chi connectivity index (χ4n) is 5.43. The third-order valence-electron chi connectivity index (χ3n) is 7.32. The molecule has 1 amide bonds. The lowest BCUT2D eigenvalue weighted by Crippen LogP contribution is -2.53. The van der Waals surface area contributed by atoms with E-state index in [-0.39, 0.29) is 23.7 Å². The number of para-hydroxylation sites is 1. The van der Waals surface area contributed by atoms with Gasteiger partial charge in [0.15, 0.2) is 0 Å². The summed E-state index contributed by atoms with van der Waals surface area (Å²) in [5.41, 5.74) is 2.79. The second kappa shape index (κ2) is 8.90. The molecular weight excluding hydrogens is 416 g/mol. The van der Waals surface area contributed by atoms with Crippen molar-refractivity contribution in [1.29, 1.82) is 0 Å². The number of hydrogen-bond acceptors (Lipinski definition) is 5. The van der Waals surface area contributed by atoms with Crippen molar-refractivity contribution in [3.63, 3.8) is 0 Å². The summed E-state index contributed by atoms with van der Waals surface area (Å²) in [7, 11) is 0. The Morgan fingerprint density at radius 3 is 2.70 bits per heavy atom. The first-order valence-corrected chi connectivity index (χ1v) is 12.1. The molecule has 0 radical (unpaired) electrons. The van der Waals surface area contributed by atoms with E-state index in [9.17, 15) is 4.79 Å². The number of carbonyl (C=O) groups is 1. The number of amides is 1. The quantitative estimate of drug-likeness (QED) is 0.692. The van der Waals surface area contributed by atoms with E-state index in [1.807, 2.05) is 25.1 Å². The largest absolute Gasteiger partial charge is 0.493 e. The van der Waals surface area contributed by atoms with E-state index in [1.165, 1.54) is 0 Å². The van der Waals surface area contributed by atoms with Crippen molar-refractivity contribution < 1.29 is 19.0 Å². The van der Waals surface area contributed by atoms with Crippen LogP contribution in [-0.2, 0) is 4.74 Å². The predicted molar refractivity (Wildman–Crippen MR) is 128 cm³/mol. The number of nitrogens with zero attached hydrogens (tertiary/aromatic N) is 1. The number of nitrogens with one attached hydrogen (secondary N) is 1. The van der Waals surface area contributed by atoms with Gasteiger partial charge in [-0.3, -0.25) is 4.90 Å². The fraction of sp³-hybridized carbons (Fsp3) is 0.519. The molecule has 0 saturated carbocycles. The molecule has 4 aliphatic rings. The van der Waals surface area contributed by atoms with E-state index in [0.29, 0.717) is 19.1 Å². The molecule has 33 heavy (non-hydrogen) atoms. The van der Waals surface area contributed by atoms with Crippen molar-refractivity contribution in [3.05, 3.63) is 48.0 Å². The number of piperidine rings is 3. The van der Waals surface area contributed by atoms with Crippen LogP contribution in [0, 0.1) is 11.3 Å². The zero-order valence-electron chi connectivity index (χ0n) is 19.8. The first kappa shape index (κ1) is 22.1. The second-order valence-electron chi connectivity index (χ2n) is 10.1. The van der Waals surface area contributed by atoms with Crippen molar-refractivity contribution in [3.8, 4) is 22.6 Å². The molecule has 6 rings (SSSR count). The zero-order chi connectivity index (χ0) is 23.0. The van der Waals surface area contributed by atoms with Gasteiger partial charge in [0.2, 0.25) is 0 Å². The van der Waals surface area contributed by atoms with Gasteiger partial charge in [0.25, 0.3) is 0 Å². The molecule has 2 aromatic carbocycles. The lowest BCUT2D eigenvalue weighted by Gasteiger charge is -2.44. The fourth-order valence-corrected chi connectivity index (χ4v) is 5.43. The molecule has 2 atom stereocenters. The van der Waals surface area contributed by atoms with E-state index < -0.39 is 0 Å². The van der Waals surface area contributed by atoms with E-state index in [1.54, 1.807) is 0 Å². The number of alkyl carbamates (subject to hydrolysis) is 1. The molecule has 0 aromatic heterocycles. The van der Waals surface area contributed by atoms with Gasteiger partial charge in [-0.15, -0.1) is 0 Å². The molecule has 6 nitrogen and oxygen atoms in total. The lowest BCUT2D eigenvalue weighted by atomic mass is 9.78. The van der Waals surface area contributed by atoms with Crippen molar-refractivity contribution in [2.45, 2.75) is 45.8 Å². The van der Waals surface area contributed by atoms with Crippen LogP contribution in [0.3, 0.4) is 0 Å². The van der Waals surface area contributed by atoms with E-state index in [4.69, 9.17) is 14.2 Å². The number of fused-ring (bicyclic) bond motifs is 4. The maximum atomic E-state index is 12.9. The third-order valence-corrected chi connectivity index (χ3v) is 7.32. The molecule has 0 aliphatic carbocycles. The number of ether oxygens (including phenoxy) is 3. The van der Waals surface area contributed by atoms with Crippen LogP contribution in [-0.4, -0.2) is 49.9 Å².